The van der Waals surface area contributed by atoms with Crippen molar-refractivity contribution in [3.05, 3.63) is 48.0 Å². The molecule has 1 saturated heterocycles. The fourth-order valence-electron chi connectivity index (χ4n) is 3.16. The summed E-state index contributed by atoms with van der Waals surface area (Å²) in [6, 6.07) is 10.3. The molecule has 4 atom stereocenters. The van der Waals surface area contributed by atoms with Crippen molar-refractivity contribution >= 4 is 5.97 Å². The molecule has 1 aromatic rings. The van der Waals surface area contributed by atoms with Crippen LogP contribution in [-0.2, 0) is 9.53 Å². The second-order valence-corrected chi connectivity index (χ2v) is 5.25. The number of fused-ring (bicyclic) bond motifs is 2. The Morgan fingerprint density at radius 3 is 2.80 bits per heavy atom. The Balaban J connectivity index is 1.87. The fraction of sp³-hybridized carbons (Fsp3) is 0.438. The van der Waals surface area contributed by atoms with Crippen molar-refractivity contribution < 1.29 is 9.53 Å². The van der Waals surface area contributed by atoms with Crippen LogP contribution in [0.2, 0.25) is 0 Å². The number of hydrogen-bond acceptors (Lipinski definition) is 4. The number of rotatable bonds is 4. The lowest BCUT2D eigenvalue weighted by Gasteiger charge is -2.34. The van der Waals surface area contributed by atoms with E-state index in [1.54, 1.807) is 0 Å². The summed E-state index contributed by atoms with van der Waals surface area (Å²) in [5, 5.41) is 3.43. The van der Waals surface area contributed by atoms with Crippen LogP contribution in [0, 0.1) is 0 Å². The van der Waals surface area contributed by atoms with E-state index in [0.717, 1.165) is 0 Å². The van der Waals surface area contributed by atoms with Crippen molar-refractivity contribution in [3.8, 4) is 0 Å². The average molecular weight is 272 g/mol. The number of carbonyl (C=O) groups excluding carboxylic acids is 1. The van der Waals surface area contributed by atoms with E-state index in [4.69, 9.17) is 4.74 Å². The van der Waals surface area contributed by atoms with E-state index in [9.17, 15) is 4.79 Å². The highest BCUT2D eigenvalue weighted by atomic mass is 16.5. The summed E-state index contributed by atoms with van der Waals surface area (Å²) < 4.78 is 5.24. The maximum Gasteiger partial charge on any atom is 0.325 e. The molecule has 1 aromatic carbocycles. The minimum Gasteiger partial charge on any atom is -0.465 e. The van der Waals surface area contributed by atoms with Crippen molar-refractivity contribution in [1.29, 1.82) is 0 Å². The molecule has 106 valence electrons. The molecule has 20 heavy (non-hydrogen) atoms. The number of nitrogens with zero attached hydrogens (tertiary/aromatic N) is 1. The molecule has 1 N–H and O–H groups in total. The number of esters is 1. The van der Waals surface area contributed by atoms with Gasteiger partial charge >= 0.3 is 5.97 Å². The topological polar surface area (TPSA) is 41.6 Å². The molecule has 0 spiro atoms. The van der Waals surface area contributed by atoms with Gasteiger partial charge in [-0.1, -0.05) is 42.5 Å². The molecule has 2 aliphatic rings. The van der Waals surface area contributed by atoms with E-state index in [-0.39, 0.29) is 30.3 Å². The van der Waals surface area contributed by atoms with Gasteiger partial charge in [0, 0.05) is 6.04 Å². The van der Waals surface area contributed by atoms with Crippen LogP contribution in [0.1, 0.15) is 25.5 Å². The molecule has 2 heterocycles. The van der Waals surface area contributed by atoms with Gasteiger partial charge in [-0.15, -0.1) is 0 Å². The third kappa shape index (κ3) is 2.15. The first kappa shape index (κ1) is 13.3. The minimum atomic E-state index is -0.236. The summed E-state index contributed by atoms with van der Waals surface area (Å²) in [4.78, 5) is 14.4. The first-order valence-corrected chi connectivity index (χ1v) is 7.15. The standard InChI is InChI=1S/C16H20N2O2/c1-3-20-16(19)15-13-9-10-14(17-13)18(15)11(2)12-7-5-4-6-8-12/h4-11,13-15,17H,3H2,1-2H3/t11-,13-,14-,15+/m1/s1. The van der Waals surface area contributed by atoms with E-state index in [2.05, 4.69) is 41.4 Å². The van der Waals surface area contributed by atoms with Crippen LogP contribution in [0.5, 0.6) is 0 Å². The highest BCUT2D eigenvalue weighted by Crippen LogP contribution is 2.34. The van der Waals surface area contributed by atoms with E-state index in [1.165, 1.54) is 5.56 Å². The summed E-state index contributed by atoms with van der Waals surface area (Å²) in [5.41, 5.74) is 1.21. The Kier molecular flexibility index (Phi) is 3.59. The van der Waals surface area contributed by atoms with Gasteiger partial charge in [-0.2, -0.15) is 0 Å². The van der Waals surface area contributed by atoms with Crippen LogP contribution in [0.4, 0.5) is 0 Å². The first-order valence-electron chi connectivity index (χ1n) is 7.15. The molecule has 0 amide bonds. The zero-order valence-corrected chi connectivity index (χ0v) is 11.8. The van der Waals surface area contributed by atoms with Crippen molar-refractivity contribution in [2.24, 2.45) is 0 Å². The van der Waals surface area contributed by atoms with E-state index < -0.39 is 0 Å². The molecule has 0 saturated carbocycles. The lowest BCUT2D eigenvalue weighted by Crippen LogP contribution is -2.47. The molecule has 0 aliphatic carbocycles. The third-order valence-electron chi connectivity index (χ3n) is 4.10. The normalized spacial score (nSPS) is 29.6. The summed E-state index contributed by atoms with van der Waals surface area (Å²) in [6.45, 7) is 4.40. The van der Waals surface area contributed by atoms with Crippen molar-refractivity contribution in [3.63, 3.8) is 0 Å². The fourth-order valence-corrected chi connectivity index (χ4v) is 3.16. The maximum absolute atomic E-state index is 12.2. The van der Waals surface area contributed by atoms with Crippen molar-refractivity contribution in [1.82, 2.24) is 10.2 Å². The summed E-state index contributed by atoms with van der Waals surface area (Å²) in [7, 11) is 0. The Morgan fingerprint density at radius 1 is 1.35 bits per heavy atom. The number of benzene rings is 1. The Labute approximate surface area is 119 Å². The van der Waals surface area contributed by atoms with Crippen LogP contribution in [-0.4, -0.2) is 35.7 Å². The highest BCUT2D eigenvalue weighted by Gasteiger charge is 2.48. The monoisotopic (exact) mass is 272 g/mol. The molecule has 0 aromatic heterocycles. The molecular weight excluding hydrogens is 252 g/mol. The van der Waals surface area contributed by atoms with Gasteiger partial charge in [0.05, 0.1) is 18.8 Å². The second kappa shape index (κ2) is 5.38. The van der Waals surface area contributed by atoms with Gasteiger partial charge in [-0.3, -0.25) is 15.0 Å². The smallest absolute Gasteiger partial charge is 0.325 e. The third-order valence-corrected chi connectivity index (χ3v) is 4.10. The SMILES string of the molecule is CCOC(=O)[C@@H]1[C@H]2C=C[C@H](N2)N1[C@H](C)c1ccccc1. The molecular formula is C16H20N2O2. The molecule has 0 unspecified atom stereocenters. The molecule has 2 bridgehead atoms. The summed E-state index contributed by atoms with van der Waals surface area (Å²) in [6.07, 6.45) is 4.31. The molecule has 2 aliphatic heterocycles. The van der Waals surface area contributed by atoms with Crippen LogP contribution >= 0.6 is 0 Å². The Bertz CT molecular complexity index is 514. The van der Waals surface area contributed by atoms with Gasteiger partial charge in [-0.05, 0) is 19.4 Å². The van der Waals surface area contributed by atoms with Gasteiger partial charge in [0.2, 0.25) is 0 Å². The number of ether oxygens (including phenoxy) is 1. The largest absolute Gasteiger partial charge is 0.465 e. The Hall–Kier alpha value is -1.65. The lowest BCUT2D eigenvalue weighted by atomic mass is 10.0. The van der Waals surface area contributed by atoms with Gasteiger partial charge in [0.15, 0.2) is 0 Å². The lowest BCUT2D eigenvalue weighted by molar-refractivity contribution is -0.149. The summed E-state index contributed by atoms with van der Waals surface area (Å²) in [5.74, 6) is -0.139. The van der Waals surface area contributed by atoms with E-state index >= 15 is 0 Å². The second-order valence-electron chi connectivity index (χ2n) is 5.25. The zero-order valence-electron chi connectivity index (χ0n) is 11.8. The average Bonchev–Trinajstić information content (AvgIpc) is 3.08. The van der Waals surface area contributed by atoms with Crippen LogP contribution < -0.4 is 5.32 Å². The van der Waals surface area contributed by atoms with Gasteiger partial charge in [-0.25, -0.2) is 0 Å². The quantitative estimate of drug-likeness (QED) is 0.671. The van der Waals surface area contributed by atoms with Gasteiger partial charge < -0.3 is 4.74 Å². The van der Waals surface area contributed by atoms with Crippen LogP contribution in [0.25, 0.3) is 0 Å². The Morgan fingerprint density at radius 2 is 2.10 bits per heavy atom. The van der Waals surface area contributed by atoms with E-state index in [0.29, 0.717) is 6.61 Å². The molecule has 1 fully saturated rings. The summed E-state index contributed by atoms with van der Waals surface area (Å²) >= 11 is 0. The first-order chi connectivity index (χ1) is 9.72. The minimum absolute atomic E-state index is 0.0604. The van der Waals surface area contributed by atoms with E-state index in [1.807, 2.05) is 25.1 Å². The highest BCUT2D eigenvalue weighted by molar-refractivity contribution is 5.78. The predicted octanol–water partition coefficient (Wildman–Crippen LogP) is 1.85. The van der Waals surface area contributed by atoms with Gasteiger partial charge in [0.25, 0.3) is 0 Å². The zero-order chi connectivity index (χ0) is 14.1. The number of hydrogen-bond donors (Lipinski definition) is 1. The van der Waals surface area contributed by atoms with Crippen molar-refractivity contribution in [2.45, 2.75) is 38.1 Å². The van der Waals surface area contributed by atoms with Crippen LogP contribution in [0.3, 0.4) is 0 Å². The molecule has 4 heteroatoms. The van der Waals surface area contributed by atoms with Crippen LogP contribution in [0.15, 0.2) is 42.5 Å². The number of nitrogens with one attached hydrogen (secondary N) is 1. The predicted molar refractivity (Wildman–Crippen MR) is 77.0 cm³/mol. The molecule has 0 radical (unpaired) electrons. The number of carbonyl (C=O) groups is 1. The molecule has 3 rings (SSSR count). The maximum atomic E-state index is 12.2. The molecule has 4 nitrogen and oxygen atoms in total. The van der Waals surface area contributed by atoms with Crippen molar-refractivity contribution in [2.75, 3.05) is 6.61 Å². The van der Waals surface area contributed by atoms with Gasteiger partial charge in [0.1, 0.15) is 6.04 Å².